The van der Waals surface area contributed by atoms with Crippen LogP contribution in [0, 0.1) is 13.8 Å². The monoisotopic (exact) mass is 301 g/mol. The minimum atomic E-state index is -0.146. The van der Waals surface area contributed by atoms with Crippen LogP contribution in [0.1, 0.15) is 28.3 Å². The summed E-state index contributed by atoms with van der Waals surface area (Å²) in [5.74, 6) is 0.357. The van der Waals surface area contributed by atoms with E-state index in [1.807, 2.05) is 42.5 Å². The van der Waals surface area contributed by atoms with Crippen molar-refractivity contribution in [3.63, 3.8) is 0 Å². The number of halogens is 1. The first-order valence-corrected chi connectivity index (χ1v) is 7.60. The van der Waals surface area contributed by atoms with Gasteiger partial charge in [0.05, 0.1) is 12.5 Å². The van der Waals surface area contributed by atoms with E-state index in [2.05, 4.69) is 25.2 Å². The fourth-order valence-electron chi connectivity index (χ4n) is 2.24. The summed E-state index contributed by atoms with van der Waals surface area (Å²) in [4.78, 5) is 12.2. The van der Waals surface area contributed by atoms with Crippen LogP contribution in [0.25, 0.3) is 0 Å². The Bertz CT molecular complexity index is 610. The van der Waals surface area contributed by atoms with Gasteiger partial charge >= 0.3 is 0 Å². The second-order valence-corrected chi connectivity index (χ2v) is 5.59. The zero-order valence-electron chi connectivity index (χ0n) is 12.4. The summed E-state index contributed by atoms with van der Waals surface area (Å²) in [6.07, 6.45) is 0.376. The summed E-state index contributed by atoms with van der Waals surface area (Å²) >= 11 is 5.98. The number of rotatable bonds is 5. The van der Waals surface area contributed by atoms with Crippen LogP contribution in [0.2, 0.25) is 0 Å². The number of nitrogens with one attached hydrogen (secondary N) is 1. The molecule has 0 saturated heterocycles. The van der Waals surface area contributed by atoms with E-state index in [1.54, 1.807) is 0 Å². The van der Waals surface area contributed by atoms with Crippen molar-refractivity contribution in [1.82, 2.24) is 5.32 Å². The number of hydrogen-bond donors (Lipinski definition) is 1. The number of carbonyl (C=O) groups is 1. The number of aryl methyl sites for hydroxylation is 2. The third kappa shape index (κ3) is 4.33. The van der Waals surface area contributed by atoms with Crippen LogP contribution in [0.4, 0.5) is 0 Å². The summed E-state index contributed by atoms with van der Waals surface area (Å²) in [6, 6.07) is 15.8. The minimum Gasteiger partial charge on any atom is -0.348 e. The summed E-state index contributed by atoms with van der Waals surface area (Å²) < 4.78 is 0. The molecule has 1 N–H and O–H groups in total. The molecule has 3 heteroatoms. The number of carbonyl (C=O) groups excluding carboxylic acids is 1. The van der Waals surface area contributed by atoms with Crippen LogP contribution >= 0.6 is 11.6 Å². The maximum atomic E-state index is 12.2. The van der Waals surface area contributed by atoms with Crippen LogP contribution in [0.15, 0.2) is 48.5 Å². The number of amides is 1. The average molecular weight is 302 g/mol. The van der Waals surface area contributed by atoms with Crippen molar-refractivity contribution < 1.29 is 4.79 Å². The first-order valence-electron chi connectivity index (χ1n) is 7.06. The third-order valence-corrected chi connectivity index (χ3v) is 3.94. The average Bonchev–Trinajstić information content (AvgIpc) is 2.49. The summed E-state index contributed by atoms with van der Waals surface area (Å²) in [7, 11) is 0. The van der Waals surface area contributed by atoms with Gasteiger partial charge in [-0.05, 0) is 36.1 Å². The summed E-state index contributed by atoms with van der Waals surface area (Å²) in [6.45, 7) is 4.13. The lowest BCUT2D eigenvalue weighted by molar-refractivity contribution is -0.121. The smallest absolute Gasteiger partial charge is 0.224 e. The Morgan fingerprint density at radius 3 is 2.43 bits per heavy atom. The maximum Gasteiger partial charge on any atom is 0.224 e. The van der Waals surface area contributed by atoms with Crippen molar-refractivity contribution in [2.75, 3.05) is 5.88 Å². The van der Waals surface area contributed by atoms with E-state index >= 15 is 0 Å². The van der Waals surface area contributed by atoms with E-state index in [4.69, 9.17) is 11.6 Å². The summed E-state index contributed by atoms with van der Waals surface area (Å²) in [5, 5.41) is 2.99. The predicted octanol–water partition coefficient (Wildman–Crippen LogP) is 3.94. The molecule has 21 heavy (non-hydrogen) atoms. The SMILES string of the molecule is Cc1ccc(CC(=O)NC(CCl)c2ccccc2)cc1C. The first-order chi connectivity index (χ1) is 10.1. The second kappa shape index (κ2) is 7.28. The molecule has 0 fully saturated rings. The molecule has 110 valence electrons. The van der Waals surface area contributed by atoms with Crippen LogP contribution in [0.3, 0.4) is 0 Å². The molecule has 1 atom stereocenters. The zero-order valence-corrected chi connectivity index (χ0v) is 13.2. The van der Waals surface area contributed by atoms with E-state index in [0.717, 1.165) is 11.1 Å². The molecule has 0 saturated carbocycles. The van der Waals surface area contributed by atoms with E-state index < -0.39 is 0 Å². The molecule has 0 aromatic heterocycles. The molecule has 0 heterocycles. The van der Waals surface area contributed by atoms with E-state index in [-0.39, 0.29) is 11.9 Å². The Labute approximate surface area is 131 Å². The molecule has 0 spiro atoms. The maximum absolute atomic E-state index is 12.2. The van der Waals surface area contributed by atoms with Crippen molar-refractivity contribution in [1.29, 1.82) is 0 Å². The predicted molar refractivity (Wildman–Crippen MR) is 87.7 cm³/mol. The molecular weight excluding hydrogens is 282 g/mol. The van der Waals surface area contributed by atoms with Gasteiger partial charge in [-0.1, -0.05) is 48.5 Å². The number of alkyl halides is 1. The van der Waals surface area contributed by atoms with Crippen molar-refractivity contribution >= 4 is 17.5 Å². The van der Waals surface area contributed by atoms with Gasteiger partial charge in [-0.3, -0.25) is 4.79 Å². The fourth-order valence-corrected chi connectivity index (χ4v) is 2.50. The molecule has 1 amide bonds. The standard InChI is InChI=1S/C18H20ClNO/c1-13-8-9-15(10-14(13)2)11-18(21)20-17(12-19)16-6-4-3-5-7-16/h3-10,17H,11-12H2,1-2H3,(H,20,21). The van der Waals surface area contributed by atoms with Gasteiger partial charge in [-0.25, -0.2) is 0 Å². The van der Waals surface area contributed by atoms with Crippen LogP contribution in [0.5, 0.6) is 0 Å². The largest absolute Gasteiger partial charge is 0.348 e. The van der Waals surface area contributed by atoms with Gasteiger partial charge in [-0.2, -0.15) is 0 Å². The molecule has 2 aromatic carbocycles. The van der Waals surface area contributed by atoms with Crippen molar-refractivity contribution in [3.05, 3.63) is 70.8 Å². The van der Waals surface area contributed by atoms with Crippen molar-refractivity contribution in [2.24, 2.45) is 0 Å². The van der Waals surface area contributed by atoms with E-state index in [1.165, 1.54) is 11.1 Å². The van der Waals surface area contributed by atoms with Crippen LogP contribution in [-0.2, 0) is 11.2 Å². The lowest BCUT2D eigenvalue weighted by Gasteiger charge is -2.16. The van der Waals surface area contributed by atoms with Gasteiger partial charge in [0, 0.05) is 5.88 Å². The van der Waals surface area contributed by atoms with Crippen LogP contribution in [-0.4, -0.2) is 11.8 Å². The molecule has 2 nitrogen and oxygen atoms in total. The molecule has 0 bridgehead atoms. The first kappa shape index (κ1) is 15.6. The Morgan fingerprint density at radius 2 is 1.81 bits per heavy atom. The highest BCUT2D eigenvalue weighted by molar-refractivity contribution is 6.18. The molecule has 0 aliphatic heterocycles. The normalized spacial score (nSPS) is 12.0. The van der Waals surface area contributed by atoms with E-state index in [0.29, 0.717) is 12.3 Å². The van der Waals surface area contributed by atoms with Crippen LogP contribution < -0.4 is 5.32 Å². The number of benzene rings is 2. The van der Waals surface area contributed by atoms with Gasteiger partial charge in [0.15, 0.2) is 0 Å². The fraction of sp³-hybridized carbons (Fsp3) is 0.278. The Hall–Kier alpha value is -1.80. The molecule has 0 radical (unpaired) electrons. The highest BCUT2D eigenvalue weighted by Gasteiger charge is 2.13. The lowest BCUT2D eigenvalue weighted by Crippen LogP contribution is -2.30. The van der Waals surface area contributed by atoms with Gasteiger partial charge < -0.3 is 5.32 Å². The van der Waals surface area contributed by atoms with Gasteiger partial charge in [0.1, 0.15) is 0 Å². The lowest BCUT2D eigenvalue weighted by atomic mass is 10.0. The van der Waals surface area contributed by atoms with Gasteiger partial charge in [0.25, 0.3) is 0 Å². The highest BCUT2D eigenvalue weighted by Crippen LogP contribution is 2.15. The Balaban J connectivity index is 2.01. The highest BCUT2D eigenvalue weighted by atomic mass is 35.5. The third-order valence-electron chi connectivity index (χ3n) is 3.63. The van der Waals surface area contributed by atoms with E-state index in [9.17, 15) is 4.79 Å². The molecule has 2 aromatic rings. The molecule has 1 unspecified atom stereocenters. The second-order valence-electron chi connectivity index (χ2n) is 5.28. The Morgan fingerprint density at radius 1 is 1.10 bits per heavy atom. The van der Waals surface area contributed by atoms with Crippen molar-refractivity contribution in [3.8, 4) is 0 Å². The minimum absolute atomic E-state index is 0.00671. The van der Waals surface area contributed by atoms with Gasteiger partial charge in [0.2, 0.25) is 5.91 Å². The molecule has 0 aliphatic carbocycles. The molecule has 0 aliphatic rings. The molecular formula is C18H20ClNO. The Kier molecular flexibility index (Phi) is 5.40. The quantitative estimate of drug-likeness (QED) is 0.833. The number of hydrogen-bond acceptors (Lipinski definition) is 1. The zero-order chi connectivity index (χ0) is 15.2. The topological polar surface area (TPSA) is 29.1 Å². The summed E-state index contributed by atoms with van der Waals surface area (Å²) in [5.41, 5.74) is 4.50. The van der Waals surface area contributed by atoms with Crippen molar-refractivity contribution in [2.45, 2.75) is 26.3 Å². The van der Waals surface area contributed by atoms with Gasteiger partial charge in [-0.15, -0.1) is 11.6 Å². The molecule has 2 rings (SSSR count).